The summed E-state index contributed by atoms with van der Waals surface area (Å²) in [7, 11) is 3.36. The quantitative estimate of drug-likeness (QED) is 0.721. The fourth-order valence-electron chi connectivity index (χ4n) is 2.73. The zero-order valence-corrected chi connectivity index (χ0v) is 12.6. The van der Waals surface area contributed by atoms with Gasteiger partial charge < -0.3 is 14.0 Å². The van der Waals surface area contributed by atoms with E-state index in [1.54, 1.807) is 14.2 Å². The van der Waals surface area contributed by atoms with E-state index in [1.807, 2.05) is 12.1 Å². The van der Waals surface area contributed by atoms with Crippen LogP contribution in [0, 0.1) is 6.92 Å². The van der Waals surface area contributed by atoms with Crippen LogP contribution in [0.5, 0.6) is 11.5 Å². The molecule has 0 aliphatic rings. The lowest BCUT2D eigenvalue weighted by Gasteiger charge is -2.12. The molecule has 1 aromatic heterocycles. The van der Waals surface area contributed by atoms with Crippen LogP contribution in [-0.2, 0) is 6.54 Å². The molecule has 0 saturated heterocycles. The Morgan fingerprint density at radius 1 is 1.00 bits per heavy atom. The van der Waals surface area contributed by atoms with Crippen molar-refractivity contribution in [2.45, 2.75) is 13.5 Å². The van der Waals surface area contributed by atoms with Crippen molar-refractivity contribution in [3.05, 3.63) is 59.8 Å². The Bertz CT molecular complexity index is 774. The molecule has 3 aromatic rings. The predicted octanol–water partition coefficient (Wildman–Crippen LogP) is 4.02. The highest BCUT2D eigenvalue weighted by Gasteiger charge is 2.09. The first-order valence-corrected chi connectivity index (χ1v) is 6.98. The molecule has 0 fully saturated rings. The third kappa shape index (κ3) is 2.47. The van der Waals surface area contributed by atoms with Gasteiger partial charge in [-0.25, -0.2) is 0 Å². The maximum absolute atomic E-state index is 5.49. The lowest BCUT2D eigenvalue weighted by Crippen LogP contribution is -2.01. The van der Waals surface area contributed by atoms with Gasteiger partial charge in [0.1, 0.15) is 11.5 Å². The van der Waals surface area contributed by atoms with E-state index >= 15 is 0 Å². The minimum atomic E-state index is 0.779. The molecular formula is C18H19NO2. The number of rotatable bonds is 4. The second kappa shape index (κ2) is 5.52. The number of para-hydroxylation sites is 1. The van der Waals surface area contributed by atoms with Crippen molar-refractivity contribution in [2.24, 2.45) is 0 Å². The van der Waals surface area contributed by atoms with Crippen molar-refractivity contribution in [3.8, 4) is 11.5 Å². The average molecular weight is 281 g/mol. The number of hydrogen-bond donors (Lipinski definition) is 0. The maximum Gasteiger partial charge on any atom is 0.127 e. The molecule has 0 aliphatic carbocycles. The summed E-state index contributed by atoms with van der Waals surface area (Å²) in [5, 5.41) is 1.30. The third-order valence-electron chi connectivity index (χ3n) is 3.82. The van der Waals surface area contributed by atoms with Crippen LogP contribution in [0.15, 0.2) is 48.7 Å². The van der Waals surface area contributed by atoms with Gasteiger partial charge in [0.25, 0.3) is 0 Å². The molecule has 0 N–H and O–H groups in total. The summed E-state index contributed by atoms with van der Waals surface area (Å²) in [5.41, 5.74) is 3.67. The number of aromatic nitrogens is 1. The maximum atomic E-state index is 5.49. The van der Waals surface area contributed by atoms with Gasteiger partial charge in [0, 0.05) is 28.7 Å². The van der Waals surface area contributed by atoms with Crippen LogP contribution in [0.25, 0.3) is 10.9 Å². The molecule has 0 spiro atoms. The number of benzene rings is 2. The zero-order valence-electron chi connectivity index (χ0n) is 12.6. The largest absolute Gasteiger partial charge is 0.497 e. The highest BCUT2D eigenvalue weighted by Crippen LogP contribution is 2.27. The summed E-state index contributed by atoms with van der Waals surface area (Å²) >= 11 is 0. The van der Waals surface area contributed by atoms with Crippen molar-refractivity contribution < 1.29 is 9.47 Å². The normalized spacial score (nSPS) is 10.8. The van der Waals surface area contributed by atoms with Crippen LogP contribution >= 0.6 is 0 Å². The minimum absolute atomic E-state index is 0.779. The molecule has 0 unspecified atom stereocenters. The van der Waals surface area contributed by atoms with E-state index in [0.29, 0.717) is 0 Å². The van der Waals surface area contributed by atoms with Crippen LogP contribution in [0.4, 0.5) is 0 Å². The molecular weight excluding hydrogens is 262 g/mol. The first-order chi connectivity index (χ1) is 10.2. The van der Waals surface area contributed by atoms with E-state index in [4.69, 9.17) is 9.47 Å². The van der Waals surface area contributed by atoms with Crippen molar-refractivity contribution >= 4 is 10.9 Å². The highest BCUT2D eigenvalue weighted by molar-refractivity contribution is 5.83. The molecule has 21 heavy (non-hydrogen) atoms. The summed E-state index contributed by atoms with van der Waals surface area (Å²) in [5.74, 6) is 1.66. The zero-order chi connectivity index (χ0) is 14.8. The number of ether oxygens (including phenoxy) is 2. The van der Waals surface area contributed by atoms with Gasteiger partial charge in [0.2, 0.25) is 0 Å². The van der Waals surface area contributed by atoms with Gasteiger partial charge in [-0.3, -0.25) is 0 Å². The van der Waals surface area contributed by atoms with Gasteiger partial charge in [-0.05, 0) is 30.7 Å². The fourth-order valence-corrected chi connectivity index (χ4v) is 2.73. The van der Waals surface area contributed by atoms with Crippen molar-refractivity contribution in [3.63, 3.8) is 0 Å². The SMILES string of the molecule is COc1ccc(Cn2cc(C)c3ccccc32)c(OC)c1. The first-order valence-electron chi connectivity index (χ1n) is 6.98. The number of fused-ring (bicyclic) bond motifs is 1. The fraction of sp³-hybridized carbons (Fsp3) is 0.222. The van der Waals surface area contributed by atoms with Crippen molar-refractivity contribution in [1.82, 2.24) is 4.57 Å². The Morgan fingerprint density at radius 2 is 1.81 bits per heavy atom. The van der Waals surface area contributed by atoms with E-state index in [2.05, 4.69) is 48.0 Å². The topological polar surface area (TPSA) is 23.4 Å². The van der Waals surface area contributed by atoms with E-state index < -0.39 is 0 Å². The molecule has 0 radical (unpaired) electrons. The lowest BCUT2D eigenvalue weighted by atomic mass is 10.2. The first kappa shape index (κ1) is 13.6. The Morgan fingerprint density at radius 3 is 2.57 bits per heavy atom. The Labute approximate surface area is 124 Å². The van der Waals surface area contributed by atoms with Crippen LogP contribution in [-0.4, -0.2) is 18.8 Å². The summed E-state index contributed by atoms with van der Waals surface area (Å²) in [6.45, 7) is 2.92. The van der Waals surface area contributed by atoms with Crippen molar-refractivity contribution in [1.29, 1.82) is 0 Å². The molecule has 2 aromatic carbocycles. The number of nitrogens with zero attached hydrogens (tertiary/aromatic N) is 1. The minimum Gasteiger partial charge on any atom is -0.497 e. The molecule has 1 heterocycles. The molecule has 0 bridgehead atoms. The highest BCUT2D eigenvalue weighted by atomic mass is 16.5. The summed E-state index contributed by atoms with van der Waals surface area (Å²) < 4.78 is 13.0. The van der Waals surface area contributed by atoms with Gasteiger partial charge >= 0.3 is 0 Å². The number of methoxy groups -OCH3 is 2. The summed E-state index contributed by atoms with van der Waals surface area (Å²) in [6, 6.07) is 14.4. The van der Waals surface area contributed by atoms with E-state index in [0.717, 1.165) is 23.6 Å². The molecule has 0 aliphatic heterocycles. The van der Waals surface area contributed by atoms with E-state index in [9.17, 15) is 0 Å². The van der Waals surface area contributed by atoms with Gasteiger partial charge in [-0.15, -0.1) is 0 Å². The van der Waals surface area contributed by atoms with Crippen LogP contribution in [0.1, 0.15) is 11.1 Å². The van der Waals surface area contributed by atoms with Gasteiger partial charge in [0.15, 0.2) is 0 Å². The Kier molecular flexibility index (Phi) is 3.57. The smallest absolute Gasteiger partial charge is 0.127 e. The predicted molar refractivity (Wildman–Crippen MR) is 85.3 cm³/mol. The van der Waals surface area contributed by atoms with Crippen LogP contribution < -0.4 is 9.47 Å². The summed E-state index contributed by atoms with van der Waals surface area (Å²) in [6.07, 6.45) is 2.19. The average Bonchev–Trinajstić information content (AvgIpc) is 2.84. The Hall–Kier alpha value is -2.42. The second-order valence-corrected chi connectivity index (χ2v) is 5.13. The lowest BCUT2D eigenvalue weighted by molar-refractivity contribution is 0.390. The number of hydrogen-bond acceptors (Lipinski definition) is 2. The monoisotopic (exact) mass is 281 g/mol. The van der Waals surface area contributed by atoms with Crippen LogP contribution in [0.3, 0.4) is 0 Å². The molecule has 0 atom stereocenters. The molecule has 3 rings (SSSR count). The third-order valence-corrected chi connectivity index (χ3v) is 3.82. The Balaban J connectivity index is 2.02. The standard InChI is InChI=1S/C18H19NO2/c1-13-11-19(17-7-5-4-6-16(13)17)12-14-8-9-15(20-2)10-18(14)21-3/h4-11H,12H2,1-3H3. The van der Waals surface area contributed by atoms with Crippen LogP contribution in [0.2, 0.25) is 0 Å². The van der Waals surface area contributed by atoms with Gasteiger partial charge in [-0.2, -0.15) is 0 Å². The molecule has 108 valence electrons. The van der Waals surface area contributed by atoms with E-state index in [1.165, 1.54) is 16.5 Å². The number of aryl methyl sites for hydroxylation is 1. The molecule has 3 heteroatoms. The molecule has 0 saturated carbocycles. The van der Waals surface area contributed by atoms with Gasteiger partial charge in [-0.1, -0.05) is 18.2 Å². The second-order valence-electron chi connectivity index (χ2n) is 5.13. The van der Waals surface area contributed by atoms with E-state index in [-0.39, 0.29) is 0 Å². The van der Waals surface area contributed by atoms with Crippen molar-refractivity contribution in [2.75, 3.05) is 14.2 Å². The molecule has 3 nitrogen and oxygen atoms in total. The molecule has 0 amide bonds. The summed E-state index contributed by atoms with van der Waals surface area (Å²) in [4.78, 5) is 0. The van der Waals surface area contributed by atoms with Gasteiger partial charge in [0.05, 0.1) is 20.8 Å².